The van der Waals surface area contributed by atoms with Gasteiger partial charge >= 0.3 is 0 Å². The molecule has 4 N–H and O–H groups in total. The maximum Gasteiger partial charge on any atom is 0.164 e. The van der Waals surface area contributed by atoms with E-state index in [1.165, 1.54) is 6.33 Å². The van der Waals surface area contributed by atoms with Gasteiger partial charge in [-0.3, -0.25) is 0 Å². The second-order valence-corrected chi connectivity index (χ2v) is 5.93. The summed E-state index contributed by atoms with van der Waals surface area (Å²) in [5.74, 6) is 0.758. The summed E-state index contributed by atoms with van der Waals surface area (Å²) in [5.41, 5.74) is 9.53. The molecule has 1 unspecified atom stereocenters. The predicted octanol–water partition coefficient (Wildman–Crippen LogP) is 0.729. The Kier molecular flexibility index (Phi) is 4.31. The van der Waals surface area contributed by atoms with Crippen LogP contribution in [-0.2, 0) is 11.3 Å². The van der Waals surface area contributed by atoms with Gasteiger partial charge in [0.05, 0.1) is 13.2 Å². The van der Waals surface area contributed by atoms with Crippen LogP contribution in [0.3, 0.4) is 0 Å². The lowest BCUT2D eigenvalue weighted by Gasteiger charge is -2.23. The number of hydrogen-bond acceptors (Lipinski definition) is 7. The minimum Gasteiger partial charge on any atom is -0.399 e. The lowest BCUT2D eigenvalue weighted by Crippen LogP contribution is -2.34. The minimum absolute atomic E-state index is 0.000183. The largest absolute Gasteiger partial charge is 0.399 e. The van der Waals surface area contributed by atoms with E-state index in [4.69, 9.17) is 15.5 Å². The van der Waals surface area contributed by atoms with Crippen molar-refractivity contribution in [3.63, 3.8) is 0 Å². The number of nitrogens with zero attached hydrogens (tertiary/aromatic N) is 4. The van der Waals surface area contributed by atoms with Gasteiger partial charge in [-0.1, -0.05) is 12.1 Å². The Bertz CT molecular complexity index is 871. The van der Waals surface area contributed by atoms with E-state index in [0.717, 1.165) is 23.6 Å². The third kappa shape index (κ3) is 2.95. The summed E-state index contributed by atoms with van der Waals surface area (Å²) in [6.45, 7) is 2.54. The summed E-state index contributed by atoms with van der Waals surface area (Å²) in [4.78, 5) is 13.6. The lowest BCUT2D eigenvalue weighted by atomic mass is 10.1. The second-order valence-electron chi connectivity index (χ2n) is 5.93. The van der Waals surface area contributed by atoms with E-state index in [2.05, 4.69) is 15.3 Å². The normalized spacial score (nSPS) is 17.9. The Hall–Kier alpha value is -2.55. The minimum atomic E-state index is -0.172. The number of nitrogens with one attached hydrogen (secondary N) is 1. The summed E-state index contributed by atoms with van der Waals surface area (Å²) < 4.78 is 7.76. The van der Waals surface area contributed by atoms with Crippen molar-refractivity contribution in [3.05, 3.63) is 36.4 Å². The zero-order valence-corrected chi connectivity index (χ0v) is 13.7. The number of nitrogen functional groups attached to an aromatic ring is 1. The molecule has 0 radical (unpaired) electrons. The van der Waals surface area contributed by atoms with Crippen LogP contribution in [0.25, 0.3) is 22.4 Å². The number of benzene rings is 1. The van der Waals surface area contributed by atoms with Gasteiger partial charge in [0.15, 0.2) is 5.65 Å². The molecule has 1 aliphatic heterocycles. The Labute approximate surface area is 144 Å². The molecular formula is C17H20N6O2. The number of rotatable bonds is 4. The van der Waals surface area contributed by atoms with Crippen molar-refractivity contribution in [2.75, 3.05) is 32.0 Å². The SMILES string of the molecule is Nc1ccc(-c2ncnc3c2nc(C2CNCCO2)n3CCO)cc1. The molecule has 8 nitrogen and oxygen atoms in total. The number of morpholine rings is 1. The molecule has 1 fully saturated rings. The highest BCUT2D eigenvalue weighted by Gasteiger charge is 2.25. The first kappa shape index (κ1) is 15.9. The van der Waals surface area contributed by atoms with Gasteiger partial charge in [0.2, 0.25) is 0 Å². The molecule has 1 atom stereocenters. The first-order valence-electron chi connectivity index (χ1n) is 8.28. The summed E-state index contributed by atoms with van der Waals surface area (Å²) in [6.07, 6.45) is 1.35. The van der Waals surface area contributed by atoms with Crippen LogP contribution in [0.2, 0.25) is 0 Å². The summed E-state index contributed by atoms with van der Waals surface area (Å²) in [6, 6.07) is 7.51. The third-order valence-corrected chi connectivity index (χ3v) is 4.28. The van der Waals surface area contributed by atoms with Crippen molar-refractivity contribution in [3.8, 4) is 11.3 Å². The Morgan fingerprint density at radius 2 is 2.12 bits per heavy atom. The van der Waals surface area contributed by atoms with Crippen molar-refractivity contribution >= 4 is 16.9 Å². The average Bonchev–Trinajstić information content (AvgIpc) is 3.02. The van der Waals surface area contributed by atoms with Crippen LogP contribution in [0.15, 0.2) is 30.6 Å². The van der Waals surface area contributed by atoms with Crippen LogP contribution in [0.4, 0.5) is 5.69 Å². The molecule has 8 heteroatoms. The van der Waals surface area contributed by atoms with E-state index in [0.29, 0.717) is 36.5 Å². The molecule has 25 heavy (non-hydrogen) atoms. The van der Waals surface area contributed by atoms with E-state index in [1.807, 2.05) is 28.8 Å². The molecule has 0 bridgehead atoms. The molecule has 3 heterocycles. The number of nitrogens with two attached hydrogens (primary N) is 1. The number of aliphatic hydroxyl groups is 1. The van der Waals surface area contributed by atoms with Crippen molar-refractivity contribution in [1.29, 1.82) is 0 Å². The number of ether oxygens (including phenoxy) is 1. The van der Waals surface area contributed by atoms with Crippen LogP contribution in [0.1, 0.15) is 11.9 Å². The van der Waals surface area contributed by atoms with Crippen LogP contribution in [0.5, 0.6) is 0 Å². The van der Waals surface area contributed by atoms with Crippen LogP contribution in [0, 0.1) is 0 Å². The molecule has 1 saturated heterocycles. The summed E-state index contributed by atoms with van der Waals surface area (Å²) in [5, 5.41) is 12.8. The molecule has 0 amide bonds. The zero-order valence-electron chi connectivity index (χ0n) is 13.7. The topological polar surface area (TPSA) is 111 Å². The van der Waals surface area contributed by atoms with E-state index in [1.54, 1.807) is 0 Å². The average molecular weight is 340 g/mol. The summed E-state index contributed by atoms with van der Waals surface area (Å²) in [7, 11) is 0. The standard InChI is InChI=1S/C17H20N6O2/c18-12-3-1-11(2-4-12)14-15-17(21-10-20-14)23(6-7-24)16(22-15)13-9-19-5-8-25-13/h1-4,10,13,19,24H,5-9,18H2. The van der Waals surface area contributed by atoms with Crippen molar-refractivity contribution in [1.82, 2.24) is 24.8 Å². The molecule has 0 spiro atoms. The van der Waals surface area contributed by atoms with Crippen LogP contribution in [-0.4, -0.2) is 50.9 Å². The van der Waals surface area contributed by atoms with Gasteiger partial charge in [-0.25, -0.2) is 15.0 Å². The second kappa shape index (κ2) is 6.75. The number of imidazole rings is 1. The molecule has 4 rings (SSSR count). The molecule has 0 aliphatic carbocycles. The fourth-order valence-corrected chi connectivity index (χ4v) is 3.10. The van der Waals surface area contributed by atoms with E-state index >= 15 is 0 Å². The predicted molar refractivity (Wildman–Crippen MR) is 93.8 cm³/mol. The quantitative estimate of drug-likeness (QED) is 0.600. The number of fused-ring (bicyclic) bond motifs is 1. The highest BCUT2D eigenvalue weighted by molar-refractivity contribution is 5.87. The Morgan fingerprint density at radius 1 is 1.28 bits per heavy atom. The molecule has 2 aromatic heterocycles. The van der Waals surface area contributed by atoms with Crippen LogP contribution >= 0.6 is 0 Å². The third-order valence-electron chi connectivity index (χ3n) is 4.28. The maximum absolute atomic E-state index is 9.47. The fourth-order valence-electron chi connectivity index (χ4n) is 3.10. The maximum atomic E-state index is 9.47. The van der Waals surface area contributed by atoms with E-state index < -0.39 is 0 Å². The fraction of sp³-hybridized carbons (Fsp3) is 0.353. The van der Waals surface area contributed by atoms with Gasteiger partial charge in [-0.2, -0.15) is 0 Å². The lowest BCUT2D eigenvalue weighted by molar-refractivity contribution is 0.0198. The smallest absolute Gasteiger partial charge is 0.164 e. The number of aromatic nitrogens is 4. The van der Waals surface area contributed by atoms with Gasteiger partial charge in [0, 0.05) is 30.9 Å². The van der Waals surface area contributed by atoms with Gasteiger partial charge in [0.1, 0.15) is 29.5 Å². The molecule has 1 aromatic carbocycles. The highest BCUT2D eigenvalue weighted by atomic mass is 16.5. The molecule has 3 aromatic rings. The molecule has 1 aliphatic rings. The van der Waals surface area contributed by atoms with E-state index in [9.17, 15) is 5.11 Å². The zero-order chi connectivity index (χ0) is 17.2. The van der Waals surface area contributed by atoms with Crippen molar-refractivity contribution in [2.24, 2.45) is 0 Å². The van der Waals surface area contributed by atoms with E-state index in [-0.39, 0.29) is 12.7 Å². The number of hydrogen-bond donors (Lipinski definition) is 3. The number of aliphatic hydroxyl groups excluding tert-OH is 1. The first-order chi connectivity index (χ1) is 12.3. The number of anilines is 1. The van der Waals surface area contributed by atoms with Crippen molar-refractivity contribution < 1.29 is 9.84 Å². The Balaban J connectivity index is 1.87. The molecule has 0 saturated carbocycles. The molecular weight excluding hydrogens is 320 g/mol. The van der Waals surface area contributed by atoms with Gasteiger partial charge in [-0.05, 0) is 12.1 Å². The Morgan fingerprint density at radius 3 is 2.84 bits per heavy atom. The highest BCUT2D eigenvalue weighted by Crippen LogP contribution is 2.29. The monoisotopic (exact) mass is 340 g/mol. The molecule has 130 valence electrons. The summed E-state index contributed by atoms with van der Waals surface area (Å²) >= 11 is 0. The first-order valence-corrected chi connectivity index (χ1v) is 8.28. The van der Waals surface area contributed by atoms with Crippen molar-refractivity contribution in [2.45, 2.75) is 12.6 Å². The van der Waals surface area contributed by atoms with Gasteiger partial charge in [0.25, 0.3) is 0 Å². The van der Waals surface area contributed by atoms with Gasteiger partial charge in [-0.15, -0.1) is 0 Å². The van der Waals surface area contributed by atoms with Gasteiger partial charge < -0.3 is 25.5 Å². The van der Waals surface area contributed by atoms with Crippen LogP contribution < -0.4 is 11.1 Å².